The maximum atomic E-state index is 12.8. The van der Waals surface area contributed by atoms with E-state index in [0.29, 0.717) is 11.1 Å². The van der Waals surface area contributed by atoms with Crippen LogP contribution in [0.15, 0.2) is 48.5 Å². The van der Waals surface area contributed by atoms with Crippen molar-refractivity contribution in [3.05, 3.63) is 70.8 Å². The summed E-state index contributed by atoms with van der Waals surface area (Å²) >= 11 is 0. The number of aryl methyl sites for hydroxylation is 1. The van der Waals surface area contributed by atoms with E-state index in [1.165, 1.54) is 11.1 Å². The van der Waals surface area contributed by atoms with Crippen LogP contribution in [-0.2, 0) is 13.0 Å². The fourth-order valence-electron chi connectivity index (χ4n) is 5.02. The highest BCUT2D eigenvalue weighted by Crippen LogP contribution is 2.20. The van der Waals surface area contributed by atoms with Crippen molar-refractivity contribution in [2.24, 2.45) is 0 Å². The van der Waals surface area contributed by atoms with Crippen molar-refractivity contribution in [2.75, 3.05) is 35.2 Å². The Labute approximate surface area is 212 Å². The summed E-state index contributed by atoms with van der Waals surface area (Å²) in [5.41, 5.74) is 3.84. The molecule has 2 amide bonds. The van der Waals surface area contributed by atoms with E-state index in [1.54, 1.807) is 0 Å². The van der Waals surface area contributed by atoms with Gasteiger partial charge in [0.2, 0.25) is 0 Å². The third kappa shape index (κ3) is 8.51. The van der Waals surface area contributed by atoms with Gasteiger partial charge in [0.25, 0.3) is 11.8 Å². The Morgan fingerprint density at radius 2 is 1.14 bits per heavy atom. The molecule has 0 unspecified atom stereocenters. The fraction of sp³-hybridized carbons (Fsp3) is 0.500. The van der Waals surface area contributed by atoms with E-state index < -0.39 is 0 Å². The number of quaternary nitrogens is 2. The van der Waals surface area contributed by atoms with E-state index in [2.05, 4.69) is 72.5 Å². The normalized spacial score (nSPS) is 18.6. The second-order valence-corrected chi connectivity index (χ2v) is 11.4. The van der Waals surface area contributed by atoms with Gasteiger partial charge >= 0.3 is 7.55 Å². The molecular weight excluding hydrogens is 435 g/mol. The number of hydrogen-bond donors (Lipinski definition) is 2. The summed E-state index contributed by atoms with van der Waals surface area (Å²) in [5, 5.41) is 6.35. The molecular formula is C28H42BN4O2+2. The van der Waals surface area contributed by atoms with E-state index in [0.717, 1.165) is 47.4 Å². The first-order chi connectivity index (χ1) is 16.4. The molecule has 2 aromatic carbocycles. The largest absolute Gasteiger partial charge is 0.791 e. The number of rotatable bonds is 9. The average Bonchev–Trinajstić information content (AvgIpc) is 2.79. The Kier molecular flexibility index (Phi) is 8.78. The SMILES string of the molecule is CCc1ccc(C(=O)NC2CCC(NC(=O)c3ccc(C[N+](C)(C)[B][N+](C)(C)C)cc3)CC2)cc1. The lowest BCUT2D eigenvalue weighted by atomic mass is 9.90. The first kappa shape index (κ1) is 27.0. The molecule has 0 bridgehead atoms. The first-order valence-corrected chi connectivity index (χ1v) is 12.7. The molecule has 0 spiro atoms. The van der Waals surface area contributed by atoms with E-state index in [1.807, 2.05) is 36.4 Å². The molecule has 0 atom stereocenters. The van der Waals surface area contributed by atoms with Crippen LogP contribution in [0.2, 0.25) is 0 Å². The minimum atomic E-state index is -0.0216. The Hall–Kier alpha value is -2.64. The molecule has 2 N–H and O–H groups in total. The standard InChI is InChI=1S/C28H42BN4O2/c1-7-21-8-12-23(13-9-21)27(34)30-25-16-18-26(19-17-25)31-28(35)24-14-10-22(11-15-24)20-33(5,6)29-32(2,3)4/h8-15,25-26H,7,16-20H2,1-6H3,(H,30,34)(H,31,35)/q+2. The van der Waals surface area contributed by atoms with Gasteiger partial charge in [-0.25, -0.2) is 0 Å². The number of hydrogen-bond acceptors (Lipinski definition) is 2. The number of carbonyl (C=O) groups excluding carboxylic acids is 2. The quantitative estimate of drug-likeness (QED) is 0.543. The minimum Gasteiger partial charge on any atom is -0.349 e. The Balaban J connectivity index is 1.45. The molecule has 1 fully saturated rings. The van der Waals surface area contributed by atoms with Gasteiger partial charge in [-0.1, -0.05) is 31.2 Å². The maximum Gasteiger partial charge on any atom is 0.791 e. The highest BCUT2D eigenvalue weighted by molar-refractivity contribution is 6.16. The predicted molar refractivity (Wildman–Crippen MR) is 143 cm³/mol. The number of benzene rings is 2. The number of amides is 2. The molecule has 1 saturated carbocycles. The van der Waals surface area contributed by atoms with Crippen LogP contribution >= 0.6 is 0 Å². The molecule has 7 heteroatoms. The molecule has 0 aromatic heterocycles. The van der Waals surface area contributed by atoms with Crippen molar-refractivity contribution in [1.82, 2.24) is 10.6 Å². The van der Waals surface area contributed by atoms with Crippen LogP contribution in [0.5, 0.6) is 0 Å². The average molecular weight is 477 g/mol. The van der Waals surface area contributed by atoms with Crippen molar-refractivity contribution < 1.29 is 18.4 Å². The highest BCUT2D eigenvalue weighted by atomic mass is 16.2. The molecule has 0 aliphatic heterocycles. The predicted octanol–water partition coefficient (Wildman–Crippen LogP) is 3.54. The lowest BCUT2D eigenvalue weighted by Gasteiger charge is -2.32. The van der Waals surface area contributed by atoms with Crippen LogP contribution < -0.4 is 10.6 Å². The fourth-order valence-corrected chi connectivity index (χ4v) is 5.02. The summed E-state index contributed by atoms with van der Waals surface area (Å²) in [6.07, 6.45) is 4.46. The maximum absolute atomic E-state index is 12.8. The van der Waals surface area contributed by atoms with E-state index in [9.17, 15) is 9.59 Å². The van der Waals surface area contributed by atoms with Gasteiger partial charge in [-0.05, 0) is 61.9 Å². The number of carbonyl (C=O) groups is 2. The first-order valence-electron chi connectivity index (χ1n) is 12.7. The van der Waals surface area contributed by atoms with Gasteiger partial charge in [0, 0.05) is 28.8 Å². The van der Waals surface area contributed by atoms with Gasteiger partial charge in [0.15, 0.2) is 0 Å². The molecule has 0 heterocycles. The van der Waals surface area contributed by atoms with Gasteiger partial charge in [0.05, 0.1) is 41.8 Å². The third-order valence-electron chi connectivity index (χ3n) is 6.49. The molecule has 1 radical (unpaired) electrons. The van der Waals surface area contributed by atoms with Crippen molar-refractivity contribution >= 4 is 19.4 Å². The summed E-state index contributed by atoms with van der Waals surface area (Å²) < 4.78 is 1.55. The van der Waals surface area contributed by atoms with Gasteiger partial charge < -0.3 is 19.4 Å². The van der Waals surface area contributed by atoms with Crippen molar-refractivity contribution in [3.63, 3.8) is 0 Å². The molecule has 6 nitrogen and oxygen atoms in total. The summed E-state index contributed by atoms with van der Waals surface area (Å²) in [7, 11) is 13.1. The summed E-state index contributed by atoms with van der Waals surface area (Å²) in [6.45, 7) is 2.98. The Morgan fingerprint density at radius 3 is 1.51 bits per heavy atom. The molecule has 0 saturated heterocycles. The Bertz CT molecular complexity index is 989. The lowest BCUT2D eigenvalue weighted by Crippen LogP contribution is -2.56. The number of nitrogens with one attached hydrogen (secondary N) is 2. The Morgan fingerprint density at radius 1 is 0.743 bits per heavy atom. The van der Waals surface area contributed by atoms with Crippen molar-refractivity contribution in [2.45, 2.75) is 57.7 Å². The van der Waals surface area contributed by atoms with Gasteiger partial charge in [-0.2, -0.15) is 0 Å². The molecule has 3 rings (SSSR count). The van der Waals surface area contributed by atoms with E-state index >= 15 is 0 Å². The summed E-state index contributed by atoms with van der Waals surface area (Å²) in [4.78, 5) is 25.4. The van der Waals surface area contributed by atoms with Crippen molar-refractivity contribution in [3.8, 4) is 0 Å². The zero-order valence-electron chi connectivity index (χ0n) is 22.3. The molecule has 1 aliphatic carbocycles. The molecule has 1 aliphatic rings. The van der Waals surface area contributed by atoms with Crippen LogP contribution in [-0.4, -0.2) is 75.5 Å². The second-order valence-electron chi connectivity index (χ2n) is 11.4. The lowest BCUT2D eigenvalue weighted by molar-refractivity contribution is -0.888. The van der Waals surface area contributed by atoms with E-state index in [4.69, 9.17) is 0 Å². The minimum absolute atomic E-state index is 0.0129. The van der Waals surface area contributed by atoms with Gasteiger partial charge in [-0.15, -0.1) is 0 Å². The van der Waals surface area contributed by atoms with Crippen LogP contribution in [0.25, 0.3) is 0 Å². The van der Waals surface area contributed by atoms with Gasteiger partial charge in [0.1, 0.15) is 0 Å². The molecule has 2 aromatic rings. The topological polar surface area (TPSA) is 58.2 Å². The van der Waals surface area contributed by atoms with Crippen LogP contribution in [0.4, 0.5) is 0 Å². The summed E-state index contributed by atoms with van der Waals surface area (Å²) in [5.74, 6) is -0.0345. The molecule has 187 valence electrons. The third-order valence-corrected chi connectivity index (χ3v) is 6.49. The second kappa shape index (κ2) is 11.4. The zero-order valence-corrected chi connectivity index (χ0v) is 22.3. The summed E-state index contributed by atoms with van der Waals surface area (Å²) in [6, 6.07) is 16.1. The van der Waals surface area contributed by atoms with Crippen molar-refractivity contribution in [1.29, 1.82) is 0 Å². The van der Waals surface area contributed by atoms with Crippen LogP contribution in [0.1, 0.15) is 64.4 Å². The monoisotopic (exact) mass is 477 g/mol. The highest BCUT2D eigenvalue weighted by Gasteiger charge is 2.36. The smallest absolute Gasteiger partial charge is 0.349 e. The van der Waals surface area contributed by atoms with Crippen LogP contribution in [0.3, 0.4) is 0 Å². The van der Waals surface area contributed by atoms with Crippen LogP contribution in [0, 0.1) is 0 Å². The number of nitrogens with zero attached hydrogens (tertiary/aromatic N) is 2. The zero-order chi connectivity index (χ0) is 25.6. The van der Waals surface area contributed by atoms with E-state index in [-0.39, 0.29) is 23.9 Å². The molecule has 35 heavy (non-hydrogen) atoms. The van der Waals surface area contributed by atoms with Gasteiger partial charge in [-0.3, -0.25) is 9.59 Å².